The molecule has 0 aromatic rings. The first-order valence-corrected chi connectivity index (χ1v) is 7.25. The number of carbonyl (C=O) groups is 1. The van der Waals surface area contributed by atoms with E-state index in [9.17, 15) is 4.79 Å². The Labute approximate surface area is 106 Å². The Bertz CT molecular complexity index is 383. The number of aliphatic imine (C=N–C) groups is 1. The molecular weight excluding hydrogens is 229 g/mol. The number of Topliss-reactive ketones (excluding diaryl/α,β-unsaturated/α-hetero) is 1. The zero-order valence-corrected chi connectivity index (χ0v) is 12.4. The van der Waals surface area contributed by atoms with Crippen LogP contribution in [-0.4, -0.2) is 18.2 Å². The summed E-state index contributed by atoms with van der Waals surface area (Å²) < 4.78 is 0. The third kappa shape index (κ3) is 5.23. The van der Waals surface area contributed by atoms with Crippen LogP contribution < -0.4 is 0 Å². The summed E-state index contributed by atoms with van der Waals surface area (Å²) in [5.41, 5.74) is 2.17. The highest BCUT2D eigenvalue weighted by Gasteiger charge is 2.09. The van der Waals surface area contributed by atoms with Gasteiger partial charge in [-0.05, 0) is 44.7 Å². The van der Waals surface area contributed by atoms with Crippen LogP contribution in [0.2, 0.25) is 0 Å². The minimum absolute atomic E-state index is 0.0316. The molecule has 0 saturated carbocycles. The van der Waals surface area contributed by atoms with Crippen LogP contribution >= 0.6 is 8.58 Å². The molecule has 1 unspecified atom stereocenters. The van der Waals surface area contributed by atoms with Crippen LogP contribution in [0, 0.1) is 0 Å². The van der Waals surface area contributed by atoms with E-state index in [1.54, 1.807) is 13.0 Å². The average molecular weight is 251 g/mol. The van der Waals surface area contributed by atoms with Gasteiger partial charge in [0.1, 0.15) is 0 Å². The molecule has 0 aliphatic heterocycles. The molecule has 0 fully saturated rings. The lowest BCUT2D eigenvalue weighted by molar-refractivity contribution is -0.113. The molecule has 2 nitrogen and oxygen atoms in total. The summed E-state index contributed by atoms with van der Waals surface area (Å²) in [5.74, 6) is 0.0316. The molecule has 0 N–H and O–H groups in total. The van der Waals surface area contributed by atoms with Crippen molar-refractivity contribution in [3.63, 3.8) is 0 Å². The van der Waals surface area contributed by atoms with Crippen LogP contribution in [0.25, 0.3) is 0 Å². The normalized spacial score (nSPS) is 14.5. The SMILES string of the molecule is C=C(/C(C)=N\C=C(/CC)PC)/C(=C\C)C(C)=O. The lowest BCUT2D eigenvalue weighted by atomic mass is 10.0. The van der Waals surface area contributed by atoms with Gasteiger partial charge in [0.15, 0.2) is 5.78 Å². The average Bonchev–Trinajstić information content (AvgIpc) is 2.30. The van der Waals surface area contributed by atoms with Crippen molar-refractivity contribution in [1.82, 2.24) is 0 Å². The standard InChI is InChI=1S/C14H22NOP/c1-7-13(17-6)9-15-11(4)10(3)14(8-2)12(5)16/h8-9,17H,3,7H2,1-2,4-6H3/b13-9+,14-8+,15-11-. The number of allylic oxidation sites excluding steroid dienone is 4. The highest BCUT2D eigenvalue weighted by atomic mass is 31.1. The number of hydrogen-bond donors (Lipinski definition) is 0. The Morgan fingerprint density at radius 3 is 2.35 bits per heavy atom. The lowest BCUT2D eigenvalue weighted by Crippen LogP contribution is -2.06. The summed E-state index contributed by atoms with van der Waals surface area (Å²) >= 11 is 0. The van der Waals surface area contributed by atoms with Gasteiger partial charge in [0.25, 0.3) is 0 Å². The van der Waals surface area contributed by atoms with Crippen LogP contribution in [0.5, 0.6) is 0 Å². The molecule has 0 heterocycles. The maximum absolute atomic E-state index is 11.4. The number of carbonyl (C=O) groups excluding carboxylic acids is 1. The fraction of sp³-hybridized carbons (Fsp3) is 0.429. The second-order valence-electron chi connectivity index (χ2n) is 3.71. The van der Waals surface area contributed by atoms with Crippen molar-refractivity contribution in [3.8, 4) is 0 Å². The molecule has 0 aromatic carbocycles. The van der Waals surface area contributed by atoms with E-state index in [0.717, 1.165) is 20.7 Å². The zero-order valence-electron chi connectivity index (χ0n) is 11.4. The number of nitrogens with zero attached hydrogens (tertiary/aromatic N) is 1. The van der Waals surface area contributed by atoms with Crippen molar-refractivity contribution in [1.29, 1.82) is 0 Å². The third-order valence-electron chi connectivity index (χ3n) is 2.55. The van der Waals surface area contributed by atoms with E-state index in [1.165, 1.54) is 5.31 Å². The first kappa shape index (κ1) is 16.0. The van der Waals surface area contributed by atoms with Crippen LogP contribution in [0.15, 0.2) is 40.3 Å². The van der Waals surface area contributed by atoms with E-state index < -0.39 is 0 Å². The minimum Gasteiger partial charge on any atom is -0.295 e. The molecule has 0 rings (SSSR count). The van der Waals surface area contributed by atoms with Crippen LogP contribution in [0.3, 0.4) is 0 Å². The summed E-state index contributed by atoms with van der Waals surface area (Å²) in [4.78, 5) is 15.8. The van der Waals surface area contributed by atoms with Crippen molar-refractivity contribution in [3.05, 3.63) is 35.3 Å². The number of ketones is 1. The number of rotatable bonds is 6. The van der Waals surface area contributed by atoms with Crippen molar-refractivity contribution >= 4 is 20.1 Å². The summed E-state index contributed by atoms with van der Waals surface area (Å²) in [7, 11) is 0.775. The minimum atomic E-state index is 0.0316. The molecule has 0 amide bonds. The highest BCUT2D eigenvalue weighted by Crippen LogP contribution is 2.22. The van der Waals surface area contributed by atoms with E-state index in [1.807, 2.05) is 20.0 Å². The van der Waals surface area contributed by atoms with E-state index in [0.29, 0.717) is 11.1 Å². The molecule has 17 heavy (non-hydrogen) atoms. The van der Waals surface area contributed by atoms with Crippen LogP contribution in [-0.2, 0) is 4.79 Å². The maximum Gasteiger partial charge on any atom is 0.160 e. The van der Waals surface area contributed by atoms with Gasteiger partial charge in [-0.1, -0.05) is 28.2 Å². The molecule has 1 atom stereocenters. The van der Waals surface area contributed by atoms with Gasteiger partial charge in [0, 0.05) is 17.5 Å². The van der Waals surface area contributed by atoms with E-state index >= 15 is 0 Å². The van der Waals surface area contributed by atoms with Gasteiger partial charge in [-0.15, -0.1) is 0 Å². The Morgan fingerprint density at radius 1 is 1.41 bits per heavy atom. The van der Waals surface area contributed by atoms with Crippen molar-refractivity contribution in [2.75, 3.05) is 6.66 Å². The molecule has 0 aliphatic rings. The first-order valence-electron chi connectivity index (χ1n) is 5.75. The highest BCUT2D eigenvalue weighted by molar-refractivity contribution is 7.42. The molecule has 3 heteroatoms. The van der Waals surface area contributed by atoms with Crippen molar-refractivity contribution in [2.45, 2.75) is 34.1 Å². The molecule has 94 valence electrons. The van der Waals surface area contributed by atoms with Gasteiger partial charge in [0.05, 0.1) is 0 Å². The van der Waals surface area contributed by atoms with Crippen molar-refractivity contribution < 1.29 is 4.79 Å². The summed E-state index contributed by atoms with van der Waals surface area (Å²) in [5, 5.41) is 1.32. The predicted octanol–water partition coefficient (Wildman–Crippen LogP) is 4.10. The summed E-state index contributed by atoms with van der Waals surface area (Å²) in [6, 6.07) is 0. The third-order valence-corrected chi connectivity index (χ3v) is 3.67. The second-order valence-corrected chi connectivity index (χ2v) is 4.85. The van der Waals surface area contributed by atoms with Crippen LogP contribution in [0.1, 0.15) is 34.1 Å². The molecule has 0 bridgehead atoms. The maximum atomic E-state index is 11.4. The second kappa shape index (κ2) is 8.14. The van der Waals surface area contributed by atoms with E-state index in [2.05, 4.69) is 25.2 Å². The fourth-order valence-corrected chi connectivity index (χ4v) is 1.92. The quantitative estimate of drug-likeness (QED) is 0.302. The van der Waals surface area contributed by atoms with Gasteiger partial charge >= 0.3 is 0 Å². The van der Waals surface area contributed by atoms with Gasteiger partial charge < -0.3 is 0 Å². The summed E-state index contributed by atoms with van der Waals surface area (Å²) in [6.45, 7) is 13.5. The Morgan fingerprint density at radius 2 is 2.00 bits per heavy atom. The molecule has 0 radical (unpaired) electrons. The molecule has 0 saturated heterocycles. The molecular formula is C14H22NOP. The zero-order chi connectivity index (χ0) is 13.4. The van der Waals surface area contributed by atoms with Gasteiger partial charge in [-0.2, -0.15) is 0 Å². The Kier molecular flexibility index (Phi) is 7.65. The van der Waals surface area contributed by atoms with Crippen molar-refractivity contribution in [2.24, 2.45) is 4.99 Å². The van der Waals surface area contributed by atoms with Gasteiger partial charge in [0.2, 0.25) is 0 Å². The number of hydrogen-bond acceptors (Lipinski definition) is 2. The van der Waals surface area contributed by atoms with Gasteiger partial charge in [-0.3, -0.25) is 9.79 Å². The van der Waals surface area contributed by atoms with E-state index in [4.69, 9.17) is 0 Å². The topological polar surface area (TPSA) is 29.4 Å². The van der Waals surface area contributed by atoms with Crippen LogP contribution in [0.4, 0.5) is 0 Å². The summed E-state index contributed by atoms with van der Waals surface area (Å²) in [6.07, 6.45) is 4.70. The smallest absolute Gasteiger partial charge is 0.160 e. The van der Waals surface area contributed by atoms with E-state index in [-0.39, 0.29) is 5.78 Å². The molecule has 0 spiro atoms. The predicted molar refractivity (Wildman–Crippen MR) is 79.3 cm³/mol. The Hall–Kier alpha value is -1.01. The first-order chi connectivity index (χ1) is 7.97. The Balaban J connectivity index is 5.00. The van der Waals surface area contributed by atoms with Gasteiger partial charge in [-0.25, -0.2) is 0 Å². The monoisotopic (exact) mass is 251 g/mol. The molecule has 0 aromatic heterocycles. The molecule has 0 aliphatic carbocycles. The lowest BCUT2D eigenvalue weighted by Gasteiger charge is -2.06. The largest absolute Gasteiger partial charge is 0.295 e. The fourth-order valence-electron chi connectivity index (χ4n) is 1.37.